The highest BCUT2D eigenvalue weighted by atomic mass is 35.5. The number of aromatic hydroxyl groups is 1. The number of alkyl carbamates (subject to hydrolysis) is 1. The molecule has 0 radical (unpaired) electrons. The van der Waals surface area contributed by atoms with Gasteiger partial charge < -0.3 is 20.5 Å². The second-order valence-electron chi connectivity index (χ2n) is 7.65. The Kier molecular flexibility index (Phi) is 7.40. The molecule has 0 aliphatic heterocycles. The molecule has 0 bridgehead atoms. The van der Waals surface area contributed by atoms with Crippen molar-refractivity contribution in [3.63, 3.8) is 0 Å². The molecule has 2 aromatic carbocycles. The molecule has 0 unspecified atom stereocenters. The molecule has 2 amide bonds. The van der Waals surface area contributed by atoms with Crippen LogP contribution in [-0.4, -0.2) is 37.2 Å². The molecule has 168 valence electrons. The number of carbonyl (C=O) groups excluding carboxylic acids is 2. The molecule has 0 saturated carbocycles. The number of carbonyl (C=O) groups is 2. The largest absolute Gasteiger partial charge is 0.506 e. The summed E-state index contributed by atoms with van der Waals surface area (Å²) in [4.78, 5) is 24.0. The second-order valence-corrected chi connectivity index (χ2v) is 9.77. The molecule has 1 atom stereocenters. The fourth-order valence-electron chi connectivity index (χ4n) is 2.34. The van der Waals surface area contributed by atoms with Gasteiger partial charge in [-0.3, -0.25) is 9.52 Å². The Morgan fingerprint density at radius 2 is 1.81 bits per heavy atom. The highest BCUT2D eigenvalue weighted by Gasteiger charge is 2.23. The summed E-state index contributed by atoms with van der Waals surface area (Å²) in [6, 6.07) is 8.54. The number of phenolic OH excluding ortho intramolecular Hbond substituents is 1. The number of amides is 2. The molecule has 0 heterocycles. The van der Waals surface area contributed by atoms with Crippen molar-refractivity contribution in [3.05, 3.63) is 47.5 Å². The summed E-state index contributed by atoms with van der Waals surface area (Å²) in [7, 11) is -4.03. The third kappa shape index (κ3) is 7.34. The fraction of sp³-hybridized carbons (Fsp3) is 0.300. The molecular weight excluding hydrogens is 446 g/mol. The Balaban J connectivity index is 2.15. The lowest BCUT2D eigenvalue weighted by atomic mass is 10.2. The summed E-state index contributed by atoms with van der Waals surface area (Å²) in [5.41, 5.74) is -0.629. The normalized spacial score (nSPS) is 12.5. The van der Waals surface area contributed by atoms with Crippen molar-refractivity contribution in [1.29, 1.82) is 0 Å². The zero-order chi connectivity index (χ0) is 23.4. The molecule has 31 heavy (non-hydrogen) atoms. The van der Waals surface area contributed by atoms with E-state index >= 15 is 0 Å². The van der Waals surface area contributed by atoms with E-state index in [-0.39, 0.29) is 22.0 Å². The molecule has 0 saturated heterocycles. The van der Waals surface area contributed by atoms with E-state index in [1.165, 1.54) is 25.1 Å². The maximum Gasteiger partial charge on any atom is 0.408 e. The number of hydrogen-bond donors (Lipinski definition) is 4. The monoisotopic (exact) mass is 469 g/mol. The first kappa shape index (κ1) is 24.3. The van der Waals surface area contributed by atoms with Gasteiger partial charge in [0.2, 0.25) is 5.91 Å². The highest BCUT2D eigenvalue weighted by Crippen LogP contribution is 2.28. The topological polar surface area (TPSA) is 134 Å². The van der Waals surface area contributed by atoms with Gasteiger partial charge in [0.05, 0.1) is 16.3 Å². The Morgan fingerprint density at radius 1 is 1.13 bits per heavy atom. The van der Waals surface area contributed by atoms with E-state index in [1.54, 1.807) is 32.9 Å². The summed E-state index contributed by atoms with van der Waals surface area (Å²) in [6.07, 6.45) is -0.790. The van der Waals surface area contributed by atoms with Gasteiger partial charge in [0.15, 0.2) is 0 Å². The van der Waals surface area contributed by atoms with Crippen molar-refractivity contribution in [2.45, 2.75) is 44.2 Å². The van der Waals surface area contributed by atoms with Gasteiger partial charge in [0.25, 0.3) is 10.0 Å². The number of sulfonamides is 1. The maximum atomic E-state index is 12.7. The summed E-state index contributed by atoms with van der Waals surface area (Å²) in [6.45, 7) is 6.45. The predicted octanol–water partition coefficient (Wildman–Crippen LogP) is 3.70. The van der Waals surface area contributed by atoms with Gasteiger partial charge in [-0.25, -0.2) is 13.2 Å². The first-order chi connectivity index (χ1) is 14.3. The van der Waals surface area contributed by atoms with Gasteiger partial charge in [-0.15, -0.1) is 0 Å². The Labute approximate surface area is 185 Å². The van der Waals surface area contributed by atoms with Gasteiger partial charge >= 0.3 is 6.09 Å². The van der Waals surface area contributed by atoms with Crippen LogP contribution < -0.4 is 15.4 Å². The predicted molar refractivity (Wildman–Crippen MR) is 118 cm³/mol. The molecular formula is C20H24ClN3O6S. The first-order valence-corrected chi connectivity index (χ1v) is 11.0. The van der Waals surface area contributed by atoms with Crippen LogP contribution in [0.25, 0.3) is 0 Å². The van der Waals surface area contributed by atoms with Crippen LogP contribution in [0.15, 0.2) is 47.4 Å². The van der Waals surface area contributed by atoms with Crippen molar-refractivity contribution < 1.29 is 27.9 Å². The van der Waals surface area contributed by atoms with Gasteiger partial charge in [0.1, 0.15) is 17.4 Å². The van der Waals surface area contributed by atoms with E-state index in [0.717, 1.165) is 12.1 Å². The Bertz CT molecular complexity index is 1080. The van der Waals surface area contributed by atoms with Crippen molar-refractivity contribution in [2.24, 2.45) is 0 Å². The zero-order valence-corrected chi connectivity index (χ0v) is 19.0. The van der Waals surface area contributed by atoms with Crippen molar-refractivity contribution in [1.82, 2.24) is 5.32 Å². The molecule has 0 aliphatic carbocycles. The number of nitrogens with one attached hydrogen (secondary N) is 3. The Hall–Kier alpha value is -2.98. The lowest BCUT2D eigenvalue weighted by Gasteiger charge is -2.21. The summed E-state index contributed by atoms with van der Waals surface area (Å²) >= 11 is 5.87. The van der Waals surface area contributed by atoms with Crippen molar-refractivity contribution >= 4 is 45.0 Å². The number of phenols is 1. The van der Waals surface area contributed by atoms with E-state index in [0.29, 0.717) is 5.02 Å². The van der Waals surface area contributed by atoms with Crippen molar-refractivity contribution in [2.75, 3.05) is 10.0 Å². The maximum absolute atomic E-state index is 12.7. The highest BCUT2D eigenvalue weighted by molar-refractivity contribution is 7.92. The van der Waals surface area contributed by atoms with Gasteiger partial charge in [-0.2, -0.15) is 0 Å². The van der Waals surface area contributed by atoms with Crippen LogP contribution in [-0.2, 0) is 19.6 Å². The van der Waals surface area contributed by atoms with Gasteiger partial charge in [-0.1, -0.05) is 17.7 Å². The zero-order valence-electron chi connectivity index (χ0n) is 17.4. The fourth-order valence-corrected chi connectivity index (χ4v) is 3.60. The minimum atomic E-state index is -4.03. The third-order valence-corrected chi connectivity index (χ3v) is 5.35. The number of rotatable bonds is 6. The first-order valence-electron chi connectivity index (χ1n) is 9.18. The van der Waals surface area contributed by atoms with E-state index in [9.17, 15) is 23.1 Å². The average molecular weight is 470 g/mol. The van der Waals surface area contributed by atoms with Crippen LogP contribution >= 0.6 is 11.6 Å². The smallest absolute Gasteiger partial charge is 0.408 e. The van der Waals surface area contributed by atoms with E-state index in [1.807, 2.05) is 0 Å². The van der Waals surface area contributed by atoms with Crippen molar-refractivity contribution in [3.8, 4) is 5.75 Å². The number of benzene rings is 2. The summed E-state index contributed by atoms with van der Waals surface area (Å²) < 4.78 is 32.8. The molecule has 11 heteroatoms. The third-order valence-electron chi connectivity index (χ3n) is 3.74. The number of halogens is 1. The molecule has 0 fully saturated rings. The molecule has 2 aromatic rings. The van der Waals surface area contributed by atoms with Gasteiger partial charge in [-0.05, 0) is 64.1 Å². The summed E-state index contributed by atoms with van der Waals surface area (Å²) in [5, 5.41) is 15.1. The lowest BCUT2D eigenvalue weighted by Crippen LogP contribution is -2.44. The SMILES string of the molecule is C[C@@H](NC(=O)OC(C)(C)C)C(=O)Nc1cc(S(=O)(=O)Nc2cccc(Cl)c2)ccc1O. The van der Waals surface area contributed by atoms with Crippen LogP contribution in [0, 0.1) is 0 Å². The Morgan fingerprint density at radius 3 is 2.42 bits per heavy atom. The summed E-state index contributed by atoms with van der Waals surface area (Å²) in [5.74, 6) is -1.03. The van der Waals surface area contributed by atoms with Crippen LogP contribution in [0.3, 0.4) is 0 Å². The van der Waals surface area contributed by atoms with E-state index < -0.39 is 33.7 Å². The molecule has 0 aromatic heterocycles. The van der Waals surface area contributed by atoms with E-state index in [2.05, 4.69) is 15.4 Å². The minimum absolute atomic E-state index is 0.142. The molecule has 0 aliphatic rings. The lowest BCUT2D eigenvalue weighted by molar-refractivity contribution is -0.117. The van der Waals surface area contributed by atoms with Crippen LogP contribution in [0.1, 0.15) is 27.7 Å². The van der Waals surface area contributed by atoms with Crippen LogP contribution in [0.4, 0.5) is 16.2 Å². The van der Waals surface area contributed by atoms with Crippen LogP contribution in [0.5, 0.6) is 5.75 Å². The molecule has 4 N–H and O–H groups in total. The average Bonchev–Trinajstić information content (AvgIpc) is 2.61. The molecule has 9 nitrogen and oxygen atoms in total. The number of anilines is 2. The molecule has 2 rings (SSSR count). The van der Waals surface area contributed by atoms with Crippen LogP contribution in [0.2, 0.25) is 5.02 Å². The minimum Gasteiger partial charge on any atom is -0.506 e. The van der Waals surface area contributed by atoms with Gasteiger partial charge in [0, 0.05) is 5.02 Å². The van der Waals surface area contributed by atoms with E-state index in [4.69, 9.17) is 16.3 Å². The standard InChI is InChI=1S/C20H24ClN3O6S/c1-12(22-19(27)30-20(2,3)4)18(26)23-16-11-15(8-9-17(16)25)31(28,29)24-14-7-5-6-13(21)10-14/h5-12,24-25H,1-4H3,(H,22,27)(H,23,26)/t12-/m1/s1. The molecule has 0 spiro atoms. The quantitative estimate of drug-likeness (QED) is 0.476. The number of hydrogen-bond acceptors (Lipinski definition) is 6. The second kappa shape index (κ2) is 9.44. The number of ether oxygens (including phenoxy) is 1.